The van der Waals surface area contributed by atoms with Crippen LogP contribution >= 0.6 is 40.1 Å². The number of rotatable bonds is 3. The van der Waals surface area contributed by atoms with Crippen molar-refractivity contribution in [2.45, 2.75) is 30.7 Å². The van der Waals surface area contributed by atoms with E-state index in [1.807, 2.05) is 11.0 Å². The number of likely N-dealkylation sites (tertiary alicyclic amines) is 1. The van der Waals surface area contributed by atoms with Gasteiger partial charge in [0.15, 0.2) is 0 Å². The fourth-order valence-electron chi connectivity index (χ4n) is 2.24. The van der Waals surface area contributed by atoms with Crippen molar-refractivity contribution in [1.29, 1.82) is 0 Å². The molecule has 20 heavy (non-hydrogen) atoms. The highest BCUT2D eigenvalue weighted by molar-refractivity contribution is 9.10. The molecule has 0 aliphatic carbocycles. The van der Waals surface area contributed by atoms with Crippen LogP contribution in [0.25, 0.3) is 0 Å². The summed E-state index contributed by atoms with van der Waals surface area (Å²) in [7, 11) is 0. The monoisotopic (exact) mass is 378 g/mol. The Bertz CT molecular complexity index is 472. The number of aryl methyl sites for hydroxylation is 1. The van der Waals surface area contributed by atoms with Crippen LogP contribution < -0.4 is 5.73 Å². The van der Waals surface area contributed by atoms with Gasteiger partial charge in [0, 0.05) is 28.5 Å². The average Bonchev–Trinajstić information content (AvgIpc) is 2.37. The molecular formula is C14H20BrClN2OS. The lowest BCUT2D eigenvalue weighted by Crippen LogP contribution is -2.46. The number of carbonyl (C=O) groups is 1. The average molecular weight is 380 g/mol. The fourth-order valence-corrected chi connectivity index (χ4v) is 3.63. The maximum atomic E-state index is 12.1. The predicted molar refractivity (Wildman–Crippen MR) is 90.6 cm³/mol. The molecule has 0 radical (unpaired) electrons. The van der Waals surface area contributed by atoms with Gasteiger partial charge in [-0.1, -0.05) is 15.9 Å². The zero-order valence-electron chi connectivity index (χ0n) is 11.5. The number of amides is 1. The van der Waals surface area contributed by atoms with E-state index in [4.69, 9.17) is 5.73 Å². The number of nitrogens with zero attached hydrogens (tertiary/aromatic N) is 1. The number of hydrogen-bond acceptors (Lipinski definition) is 3. The summed E-state index contributed by atoms with van der Waals surface area (Å²) >= 11 is 5.05. The Morgan fingerprint density at radius 2 is 2.30 bits per heavy atom. The van der Waals surface area contributed by atoms with Gasteiger partial charge < -0.3 is 10.6 Å². The fraction of sp³-hybridized carbons (Fsp3) is 0.500. The smallest absolute Gasteiger partial charge is 0.232 e. The number of hydrogen-bond donors (Lipinski definition) is 1. The van der Waals surface area contributed by atoms with Crippen molar-refractivity contribution in [3.63, 3.8) is 0 Å². The van der Waals surface area contributed by atoms with Crippen LogP contribution in [-0.2, 0) is 4.79 Å². The highest BCUT2D eigenvalue weighted by Crippen LogP contribution is 2.25. The molecule has 112 valence electrons. The first-order valence-corrected chi connectivity index (χ1v) is 8.26. The first kappa shape index (κ1) is 17.8. The molecule has 1 saturated heterocycles. The van der Waals surface area contributed by atoms with Crippen molar-refractivity contribution in [2.75, 3.05) is 18.8 Å². The molecule has 1 unspecified atom stereocenters. The second-order valence-corrected chi connectivity index (χ2v) is 6.87. The van der Waals surface area contributed by atoms with E-state index >= 15 is 0 Å². The Morgan fingerprint density at radius 1 is 1.55 bits per heavy atom. The van der Waals surface area contributed by atoms with Gasteiger partial charge in [-0.05, 0) is 43.5 Å². The van der Waals surface area contributed by atoms with Gasteiger partial charge in [-0.3, -0.25) is 4.79 Å². The summed E-state index contributed by atoms with van der Waals surface area (Å²) in [6.07, 6.45) is 2.05. The minimum absolute atomic E-state index is 0. The van der Waals surface area contributed by atoms with Gasteiger partial charge in [-0.15, -0.1) is 24.2 Å². The normalized spacial score (nSPS) is 18.6. The Labute approximate surface area is 139 Å². The van der Waals surface area contributed by atoms with E-state index in [-0.39, 0.29) is 24.4 Å². The third kappa shape index (κ3) is 4.95. The lowest BCUT2D eigenvalue weighted by atomic mass is 10.1. The summed E-state index contributed by atoms with van der Waals surface area (Å²) in [6, 6.07) is 6.29. The highest BCUT2D eigenvalue weighted by Gasteiger charge is 2.21. The van der Waals surface area contributed by atoms with Crippen molar-refractivity contribution in [3.8, 4) is 0 Å². The van der Waals surface area contributed by atoms with Crippen molar-refractivity contribution < 1.29 is 4.79 Å². The Morgan fingerprint density at radius 3 is 2.95 bits per heavy atom. The van der Waals surface area contributed by atoms with Gasteiger partial charge in [0.05, 0.1) is 5.75 Å². The van der Waals surface area contributed by atoms with Crippen molar-refractivity contribution >= 4 is 46.0 Å². The summed E-state index contributed by atoms with van der Waals surface area (Å²) in [6.45, 7) is 3.62. The van der Waals surface area contributed by atoms with Gasteiger partial charge >= 0.3 is 0 Å². The Hall–Kier alpha value is -0.230. The van der Waals surface area contributed by atoms with Crippen LogP contribution in [0.5, 0.6) is 0 Å². The van der Waals surface area contributed by atoms with Crippen LogP contribution in [0.3, 0.4) is 0 Å². The molecule has 6 heteroatoms. The van der Waals surface area contributed by atoms with Gasteiger partial charge in [-0.2, -0.15) is 0 Å². The SMILES string of the molecule is Cc1cc(Br)ccc1SCC(=O)N1CCCC(N)C1.Cl. The largest absolute Gasteiger partial charge is 0.340 e. The van der Waals surface area contributed by atoms with Gasteiger partial charge in [-0.25, -0.2) is 0 Å². The minimum atomic E-state index is 0. The lowest BCUT2D eigenvalue weighted by Gasteiger charge is -2.30. The van der Waals surface area contributed by atoms with Crippen LogP contribution in [0.15, 0.2) is 27.6 Å². The summed E-state index contributed by atoms with van der Waals surface area (Å²) in [5.41, 5.74) is 7.10. The quantitative estimate of drug-likeness (QED) is 0.820. The van der Waals surface area contributed by atoms with Crippen molar-refractivity contribution in [1.82, 2.24) is 4.90 Å². The maximum Gasteiger partial charge on any atom is 0.232 e. The number of halogens is 2. The molecule has 1 aromatic rings. The molecule has 1 aromatic carbocycles. The van der Waals surface area contributed by atoms with E-state index in [0.29, 0.717) is 12.3 Å². The van der Waals surface area contributed by atoms with Crippen LogP contribution in [0.4, 0.5) is 0 Å². The van der Waals surface area contributed by atoms with Crippen LogP contribution in [-0.4, -0.2) is 35.7 Å². The van der Waals surface area contributed by atoms with Crippen molar-refractivity contribution in [3.05, 3.63) is 28.2 Å². The molecule has 0 bridgehead atoms. The molecule has 0 aromatic heterocycles. The van der Waals surface area contributed by atoms with E-state index in [9.17, 15) is 4.79 Å². The van der Waals surface area contributed by atoms with Gasteiger partial charge in [0.2, 0.25) is 5.91 Å². The summed E-state index contributed by atoms with van der Waals surface area (Å²) in [5, 5.41) is 0. The summed E-state index contributed by atoms with van der Waals surface area (Å²) in [4.78, 5) is 15.2. The molecule has 1 aliphatic rings. The molecular weight excluding hydrogens is 360 g/mol. The molecule has 2 N–H and O–H groups in total. The lowest BCUT2D eigenvalue weighted by molar-refractivity contribution is -0.129. The molecule has 0 spiro atoms. The van der Waals surface area contributed by atoms with Crippen LogP contribution in [0.2, 0.25) is 0 Å². The zero-order chi connectivity index (χ0) is 13.8. The predicted octanol–water partition coefficient (Wildman–Crippen LogP) is 3.22. The second kappa shape index (κ2) is 8.27. The molecule has 1 amide bonds. The first-order valence-electron chi connectivity index (χ1n) is 6.48. The highest BCUT2D eigenvalue weighted by atomic mass is 79.9. The zero-order valence-corrected chi connectivity index (χ0v) is 14.7. The first-order chi connectivity index (χ1) is 9.06. The number of piperidine rings is 1. The number of carbonyl (C=O) groups excluding carboxylic acids is 1. The Balaban J connectivity index is 0.00000200. The maximum absolute atomic E-state index is 12.1. The molecule has 3 nitrogen and oxygen atoms in total. The number of nitrogens with two attached hydrogens (primary N) is 1. The van der Waals surface area contributed by atoms with E-state index in [1.54, 1.807) is 11.8 Å². The molecule has 2 rings (SSSR count). The standard InChI is InChI=1S/C14H19BrN2OS.ClH/c1-10-7-11(15)4-5-13(10)19-9-14(18)17-6-2-3-12(16)8-17;/h4-5,7,12H,2-3,6,8-9,16H2,1H3;1H. The third-order valence-corrected chi connectivity index (χ3v) is 4.95. The Kier molecular flexibility index (Phi) is 7.37. The number of thioether (sulfide) groups is 1. The number of benzene rings is 1. The van der Waals surface area contributed by atoms with Gasteiger partial charge in [0.25, 0.3) is 0 Å². The van der Waals surface area contributed by atoms with E-state index in [1.165, 1.54) is 5.56 Å². The topological polar surface area (TPSA) is 46.3 Å². The van der Waals surface area contributed by atoms with E-state index in [0.717, 1.165) is 28.8 Å². The van der Waals surface area contributed by atoms with E-state index < -0.39 is 0 Å². The second-order valence-electron chi connectivity index (χ2n) is 4.94. The minimum Gasteiger partial charge on any atom is -0.340 e. The van der Waals surface area contributed by atoms with E-state index in [2.05, 4.69) is 35.0 Å². The van der Waals surface area contributed by atoms with Gasteiger partial charge in [0.1, 0.15) is 0 Å². The van der Waals surface area contributed by atoms with Crippen LogP contribution in [0.1, 0.15) is 18.4 Å². The molecule has 1 heterocycles. The van der Waals surface area contributed by atoms with Crippen LogP contribution in [0, 0.1) is 6.92 Å². The molecule has 1 atom stereocenters. The van der Waals surface area contributed by atoms with Crippen molar-refractivity contribution in [2.24, 2.45) is 5.73 Å². The molecule has 1 aliphatic heterocycles. The molecule has 0 saturated carbocycles. The summed E-state index contributed by atoms with van der Waals surface area (Å²) in [5.74, 6) is 0.692. The third-order valence-electron chi connectivity index (χ3n) is 3.30. The molecule has 1 fully saturated rings. The summed E-state index contributed by atoms with van der Waals surface area (Å²) < 4.78 is 1.07.